The molecule has 2 N–H and O–H groups in total. The van der Waals surface area contributed by atoms with Gasteiger partial charge in [0, 0.05) is 28.1 Å². The van der Waals surface area contributed by atoms with Crippen molar-refractivity contribution in [1.29, 1.82) is 0 Å². The first-order valence-corrected chi connectivity index (χ1v) is 5.11. The van der Waals surface area contributed by atoms with Crippen LogP contribution in [0.5, 0.6) is 0 Å². The number of aromatic nitrogens is 1. The molecular weight excluding hydrogens is 228 g/mol. The molecule has 0 fully saturated rings. The standard InChI is InChI=1S/C10H11BrN2/c1-2-12-10-6-13-9-5-7(11)3-4-8(9)10/h3-6,12-13H,2H2,1H3. The van der Waals surface area contributed by atoms with E-state index in [0.717, 1.165) is 16.5 Å². The van der Waals surface area contributed by atoms with Gasteiger partial charge in [0.1, 0.15) is 0 Å². The molecule has 0 saturated heterocycles. The zero-order valence-corrected chi connectivity index (χ0v) is 8.98. The van der Waals surface area contributed by atoms with Gasteiger partial charge < -0.3 is 10.3 Å². The molecule has 1 aromatic carbocycles. The highest BCUT2D eigenvalue weighted by molar-refractivity contribution is 9.10. The molecule has 1 heterocycles. The summed E-state index contributed by atoms with van der Waals surface area (Å²) >= 11 is 3.44. The van der Waals surface area contributed by atoms with Gasteiger partial charge in [-0.25, -0.2) is 0 Å². The molecule has 0 saturated carbocycles. The van der Waals surface area contributed by atoms with Crippen LogP contribution in [0.15, 0.2) is 28.9 Å². The minimum Gasteiger partial charge on any atom is -0.384 e. The second-order valence-electron chi connectivity index (χ2n) is 2.92. The number of aromatic amines is 1. The van der Waals surface area contributed by atoms with E-state index >= 15 is 0 Å². The Labute approximate surface area is 85.5 Å². The highest BCUT2D eigenvalue weighted by atomic mass is 79.9. The highest BCUT2D eigenvalue weighted by Gasteiger charge is 2.01. The van der Waals surface area contributed by atoms with Crippen LogP contribution in [-0.4, -0.2) is 11.5 Å². The zero-order chi connectivity index (χ0) is 9.26. The van der Waals surface area contributed by atoms with Crippen molar-refractivity contribution in [3.05, 3.63) is 28.9 Å². The summed E-state index contributed by atoms with van der Waals surface area (Å²) in [5.74, 6) is 0. The Morgan fingerprint density at radius 1 is 1.46 bits per heavy atom. The van der Waals surface area contributed by atoms with Gasteiger partial charge in [-0.05, 0) is 25.1 Å². The van der Waals surface area contributed by atoms with Crippen LogP contribution in [0.1, 0.15) is 6.92 Å². The third kappa shape index (κ3) is 1.56. The van der Waals surface area contributed by atoms with Crippen LogP contribution in [0, 0.1) is 0 Å². The SMILES string of the molecule is CCNc1c[nH]c2cc(Br)ccc12. The Hall–Kier alpha value is -0.960. The average molecular weight is 239 g/mol. The van der Waals surface area contributed by atoms with E-state index in [0.29, 0.717) is 0 Å². The summed E-state index contributed by atoms with van der Waals surface area (Å²) in [7, 11) is 0. The van der Waals surface area contributed by atoms with E-state index in [1.165, 1.54) is 11.1 Å². The third-order valence-corrected chi connectivity index (χ3v) is 2.50. The first-order chi connectivity index (χ1) is 6.31. The van der Waals surface area contributed by atoms with Crippen LogP contribution in [0.3, 0.4) is 0 Å². The van der Waals surface area contributed by atoms with Gasteiger partial charge in [0.25, 0.3) is 0 Å². The topological polar surface area (TPSA) is 27.8 Å². The number of halogens is 1. The maximum atomic E-state index is 3.44. The van der Waals surface area contributed by atoms with Gasteiger partial charge in [-0.15, -0.1) is 0 Å². The fourth-order valence-corrected chi connectivity index (χ4v) is 1.80. The predicted molar refractivity (Wildman–Crippen MR) is 60.2 cm³/mol. The quantitative estimate of drug-likeness (QED) is 0.826. The minimum absolute atomic E-state index is 0.947. The van der Waals surface area contributed by atoms with Crippen molar-refractivity contribution < 1.29 is 0 Å². The molecule has 0 aliphatic heterocycles. The summed E-state index contributed by atoms with van der Waals surface area (Å²) in [5, 5.41) is 4.54. The van der Waals surface area contributed by atoms with Crippen molar-refractivity contribution in [2.45, 2.75) is 6.92 Å². The van der Waals surface area contributed by atoms with E-state index in [2.05, 4.69) is 51.4 Å². The molecule has 3 heteroatoms. The lowest BCUT2D eigenvalue weighted by Crippen LogP contribution is -1.94. The van der Waals surface area contributed by atoms with Crippen LogP contribution in [0.2, 0.25) is 0 Å². The second-order valence-corrected chi connectivity index (χ2v) is 3.84. The Morgan fingerprint density at radius 2 is 2.31 bits per heavy atom. The molecule has 13 heavy (non-hydrogen) atoms. The van der Waals surface area contributed by atoms with Crippen molar-refractivity contribution >= 4 is 32.5 Å². The van der Waals surface area contributed by atoms with Crippen LogP contribution >= 0.6 is 15.9 Å². The number of anilines is 1. The molecule has 68 valence electrons. The van der Waals surface area contributed by atoms with Gasteiger partial charge in [-0.3, -0.25) is 0 Å². The Balaban J connectivity index is 2.55. The number of hydrogen-bond donors (Lipinski definition) is 2. The van der Waals surface area contributed by atoms with Crippen LogP contribution in [-0.2, 0) is 0 Å². The summed E-state index contributed by atoms with van der Waals surface area (Å²) in [5.41, 5.74) is 2.33. The maximum Gasteiger partial charge on any atom is 0.0597 e. The third-order valence-electron chi connectivity index (χ3n) is 2.01. The van der Waals surface area contributed by atoms with Crippen molar-refractivity contribution in [2.75, 3.05) is 11.9 Å². The Morgan fingerprint density at radius 3 is 3.08 bits per heavy atom. The lowest BCUT2D eigenvalue weighted by Gasteiger charge is -1.99. The van der Waals surface area contributed by atoms with E-state index < -0.39 is 0 Å². The first-order valence-electron chi connectivity index (χ1n) is 4.32. The second kappa shape index (κ2) is 3.42. The van der Waals surface area contributed by atoms with Crippen LogP contribution < -0.4 is 5.32 Å². The number of rotatable bonds is 2. The van der Waals surface area contributed by atoms with Gasteiger partial charge in [0.15, 0.2) is 0 Å². The molecule has 0 atom stereocenters. The molecule has 0 radical (unpaired) electrons. The van der Waals surface area contributed by atoms with Gasteiger partial charge in [0.05, 0.1) is 5.69 Å². The van der Waals surface area contributed by atoms with Crippen molar-refractivity contribution in [1.82, 2.24) is 4.98 Å². The van der Waals surface area contributed by atoms with Gasteiger partial charge >= 0.3 is 0 Å². The van der Waals surface area contributed by atoms with E-state index in [9.17, 15) is 0 Å². The normalized spacial score (nSPS) is 10.6. The molecule has 0 bridgehead atoms. The largest absolute Gasteiger partial charge is 0.384 e. The number of H-pyrrole nitrogens is 1. The lowest BCUT2D eigenvalue weighted by atomic mass is 10.2. The summed E-state index contributed by atoms with van der Waals surface area (Å²) < 4.78 is 1.10. The summed E-state index contributed by atoms with van der Waals surface area (Å²) in [6.45, 7) is 3.04. The zero-order valence-electron chi connectivity index (χ0n) is 7.39. The summed E-state index contributed by atoms with van der Waals surface area (Å²) in [4.78, 5) is 3.22. The Kier molecular flexibility index (Phi) is 2.27. The van der Waals surface area contributed by atoms with Crippen molar-refractivity contribution in [3.63, 3.8) is 0 Å². The average Bonchev–Trinajstić information content (AvgIpc) is 2.49. The number of fused-ring (bicyclic) bond motifs is 1. The molecule has 2 rings (SSSR count). The van der Waals surface area contributed by atoms with Gasteiger partial charge in [0.2, 0.25) is 0 Å². The number of hydrogen-bond acceptors (Lipinski definition) is 1. The van der Waals surface area contributed by atoms with E-state index in [1.54, 1.807) is 0 Å². The molecule has 0 amide bonds. The number of nitrogens with one attached hydrogen (secondary N) is 2. The van der Waals surface area contributed by atoms with E-state index in [1.807, 2.05) is 6.20 Å². The first kappa shape index (κ1) is 8.63. The molecular formula is C10H11BrN2. The molecule has 0 aliphatic rings. The Bertz CT molecular complexity index is 420. The molecule has 1 aromatic heterocycles. The monoisotopic (exact) mass is 238 g/mol. The van der Waals surface area contributed by atoms with Crippen molar-refractivity contribution in [3.8, 4) is 0 Å². The lowest BCUT2D eigenvalue weighted by molar-refractivity contribution is 1.22. The van der Waals surface area contributed by atoms with Gasteiger partial charge in [-0.2, -0.15) is 0 Å². The molecule has 0 spiro atoms. The molecule has 0 unspecified atom stereocenters. The smallest absolute Gasteiger partial charge is 0.0597 e. The summed E-state index contributed by atoms with van der Waals surface area (Å²) in [6, 6.07) is 6.24. The fourth-order valence-electron chi connectivity index (χ4n) is 1.44. The van der Waals surface area contributed by atoms with Crippen molar-refractivity contribution in [2.24, 2.45) is 0 Å². The van der Waals surface area contributed by atoms with Crippen LogP contribution in [0.25, 0.3) is 10.9 Å². The molecule has 2 aromatic rings. The minimum atomic E-state index is 0.947. The molecule has 2 nitrogen and oxygen atoms in total. The fraction of sp³-hybridized carbons (Fsp3) is 0.200. The van der Waals surface area contributed by atoms with Crippen LogP contribution in [0.4, 0.5) is 5.69 Å². The predicted octanol–water partition coefficient (Wildman–Crippen LogP) is 3.36. The van der Waals surface area contributed by atoms with E-state index in [-0.39, 0.29) is 0 Å². The molecule has 0 aliphatic carbocycles. The highest BCUT2D eigenvalue weighted by Crippen LogP contribution is 2.25. The van der Waals surface area contributed by atoms with Gasteiger partial charge in [-0.1, -0.05) is 15.9 Å². The summed E-state index contributed by atoms with van der Waals surface area (Å²) in [6.07, 6.45) is 2.00. The maximum absolute atomic E-state index is 3.44. The number of benzene rings is 1. The van der Waals surface area contributed by atoms with E-state index in [4.69, 9.17) is 0 Å².